The zero-order valence-electron chi connectivity index (χ0n) is 11.7. The molecule has 0 unspecified atom stereocenters. The first-order valence-electron chi connectivity index (χ1n) is 7.06. The Labute approximate surface area is 119 Å². The molecule has 1 aliphatic rings. The molecule has 3 N–H and O–H groups in total. The van der Waals surface area contributed by atoms with Crippen molar-refractivity contribution in [2.24, 2.45) is 5.92 Å². The molecule has 0 heterocycles. The number of nitrogens with one attached hydrogen (secondary N) is 3. The van der Waals surface area contributed by atoms with Crippen molar-refractivity contribution in [3.05, 3.63) is 24.3 Å². The number of carbonyl (C=O) groups is 2. The Morgan fingerprint density at radius 1 is 1.05 bits per heavy atom. The molecule has 0 spiro atoms. The summed E-state index contributed by atoms with van der Waals surface area (Å²) in [4.78, 5) is 23.0. The van der Waals surface area contributed by atoms with Gasteiger partial charge in [0.15, 0.2) is 0 Å². The molecule has 5 heteroatoms. The van der Waals surface area contributed by atoms with Crippen LogP contribution in [0, 0.1) is 5.92 Å². The lowest BCUT2D eigenvalue weighted by molar-refractivity contribution is -0.117. The van der Waals surface area contributed by atoms with Crippen LogP contribution in [0.4, 0.5) is 16.2 Å². The first kappa shape index (κ1) is 14.4. The van der Waals surface area contributed by atoms with Crippen molar-refractivity contribution in [2.75, 3.05) is 17.7 Å². The van der Waals surface area contributed by atoms with Crippen LogP contribution in [0.3, 0.4) is 0 Å². The second-order valence-corrected chi connectivity index (χ2v) is 5.18. The summed E-state index contributed by atoms with van der Waals surface area (Å²) in [7, 11) is 1.56. The summed E-state index contributed by atoms with van der Waals surface area (Å²) in [6, 6.07) is 6.85. The van der Waals surface area contributed by atoms with Crippen LogP contribution in [0.25, 0.3) is 0 Å². The molecule has 0 radical (unpaired) electrons. The molecule has 0 bridgehead atoms. The van der Waals surface area contributed by atoms with Crippen LogP contribution in [-0.4, -0.2) is 19.0 Å². The number of amides is 3. The van der Waals surface area contributed by atoms with Gasteiger partial charge in [-0.3, -0.25) is 4.79 Å². The van der Waals surface area contributed by atoms with Crippen molar-refractivity contribution in [3.63, 3.8) is 0 Å². The minimum absolute atomic E-state index is 0.0731. The van der Waals surface area contributed by atoms with E-state index in [1.807, 2.05) is 0 Å². The molecule has 5 nitrogen and oxygen atoms in total. The van der Waals surface area contributed by atoms with E-state index < -0.39 is 0 Å². The van der Waals surface area contributed by atoms with E-state index in [0.717, 1.165) is 5.69 Å². The maximum absolute atomic E-state index is 11.9. The third kappa shape index (κ3) is 4.26. The molecule has 20 heavy (non-hydrogen) atoms. The number of anilines is 2. The topological polar surface area (TPSA) is 70.2 Å². The molecule has 1 aromatic rings. The molecule has 0 aliphatic heterocycles. The lowest BCUT2D eigenvalue weighted by atomic mass is 10.0. The van der Waals surface area contributed by atoms with Crippen molar-refractivity contribution in [3.8, 4) is 0 Å². The fourth-order valence-electron chi connectivity index (χ4n) is 2.52. The van der Waals surface area contributed by atoms with Crippen LogP contribution in [-0.2, 0) is 4.79 Å². The van der Waals surface area contributed by atoms with Gasteiger partial charge < -0.3 is 16.0 Å². The third-order valence-electron chi connectivity index (χ3n) is 3.60. The summed E-state index contributed by atoms with van der Waals surface area (Å²) in [6.07, 6.45) is 5.44. The first-order chi connectivity index (χ1) is 9.67. The number of carbonyl (C=O) groups excluding carboxylic acids is 2. The number of urea groups is 1. The van der Waals surface area contributed by atoms with Gasteiger partial charge in [0.1, 0.15) is 0 Å². The standard InChI is InChI=1S/C15H21N3O2/c1-16-15(20)18-13-8-6-12(7-9-13)17-14(19)10-11-4-2-3-5-11/h6-9,11H,2-5,10H2,1H3,(H,17,19)(H2,16,18,20). The predicted molar refractivity (Wildman–Crippen MR) is 79.7 cm³/mol. The highest BCUT2D eigenvalue weighted by molar-refractivity contribution is 5.92. The van der Waals surface area contributed by atoms with Crippen LogP contribution in [0.2, 0.25) is 0 Å². The van der Waals surface area contributed by atoms with Crippen LogP contribution in [0.1, 0.15) is 32.1 Å². The van der Waals surface area contributed by atoms with Gasteiger partial charge >= 0.3 is 6.03 Å². The third-order valence-corrected chi connectivity index (χ3v) is 3.60. The molecular formula is C15H21N3O2. The van der Waals surface area contributed by atoms with Crippen molar-refractivity contribution in [2.45, 2.75) is 32.1 Å². The highest BCUT2D eigenvalue weighted by Gasteiger charge is 2.18. The minimum Gasteiger partial charge on any atom is -0.341 e. The number of hydrogen-bond donors (Lipinski definition) is 3. The van der Waals surface area contributed by atoms with Gasteiger partial charge in [0.25, 0.3) is 0 Å². The van der Waals surface area contributed by atoms with Crippen LogP contribution < -0.4 is 16.0 Å². The van der Waals surface area contributed by atoms with Crippen molar-refractivity contribution in [1.82, 2.24) is 5.32 Å². The van der Waals surface area contributed by atoms with Gasteiger partial charge in [-0.1, -0.05) is 12.8 Å². The molecular weight excluding hydrogens is 254 g/mol. The molecule has 1 aliphatic carbocycles. The van der Waals surface area contributed by atoms with Gasteiger partial charge in [-0.25, -0.2) is 4.79 Å². The summed E-state index contributed by atoms with van der Waals surface area (Å²) >= 11 is 0. The smallest absolute Gasteiger partial charge is 0.318 e. The van der Waals surface area contributed by atoms with Gasteiger partial charge in [0, 0.05) is 24.8 Å². The number of hydrogen-bond acceptors (Lipinski definition) is 2. The molecule has 108 valence electrons. The van der Waals surface area contributed by atoms with E-state index >= 15 is 0 Å². The summed E-state index contributed by atoms with van der Waals surface area (Å²) < 4.78 is 0. The van der Waals surface area contributed by atoms with Crippen LogP contribution >= 0.6 is 0 Å². The molecule has 3 amide bonds. The monoisotopic (exact) mass is 275 g/mol. The van der Waals surface area contributed by atoms with E-state index in [-0.39, 0.29) is 11.9 Å². The van der Waals surface area contributed by atoms with E-state index in [1.165, 1.54) is 25.7 Å². The van der Waals surface area contributed by atoms with Crippen molar-refractivity contribution >= 4 is 23.3 Å². The Morgan fingerprint density at radius 2 is 1.60 bits per heavy atom. The summed E-state index contributed by atoms with van der Waals surface area (Å²) in [6.45, 7) is 0. The molecule has 0 aromatic heterocycles. The fraction of sp³-hybridized carbons (Fsp3) is 0.467. The van der Waals surface area contributed by atoms with Gasteiger partial charge in [-0.05, 0) is 43.0 Å². The Morgan fingerprint density at radius 3 is 2.15 bits per heavy atom. The maximum Gasteiger partial charge on any atom is 0.318 e. The maximum atomic E-state index is 11.9. The van der Waals surface area contributed by atoms with Crippen molar-refractivity contribution < 1.29 is 9.59 Å². The van der Waals surface area contributed by atoms with Gasteiger partial charge in [-0.15, -0.1) is 0 Å². The van der Waals surface area contributed by atoms with E-state index in [1.54, 1.807) is 31.3 Å². The largest absolute Gasteiger partial charge is 0.341 e. The fourth-order valence-corrected chi connectivity index (χ4v) is 2.52. The molecule has 0 saturated heterocycles. The normalized spacial score (nSPS) is 14.8. The van der Waals surface area contributed by atoms with Gasteiger partial charge in [0.05, 0.1) is 0 Å². The molecule has 2 rings (SSSR count). The Balaban J connectivity index is 1.83. The Bertz CT molecular complexity index is 465. The van der Waals surface area contributed by atoms with Crippen molar-refractivity contribution in [1.29, 1.82) is 0 Å². The van der Waals surface area contributed by atoms with Crippen LogP contribution in [0.5, 0.6) is 0 Å². The molecule has 1 aromatic carbocycles. The Kier molecular flexibility index (Phi) is 4.98. The summed E-state index contributed by atoms with van der Waals surface area (Å²) in [5, 5.41) is 8.05. The van der Waals surface area contributed by atoms with E-state index in [4.69, 9.17) is 0 Å². The number of rotatable bonds is 4. The van der Waals surface area contributed by atoms with E-state index in [9.17, 15) is 9.59 Å². The molecule has 0 atom stereocenters. The lowest BCUT2D eigenvalue weighted by Crippen LogP contribution is -2.24. The number of benzene rings is 1. The minimum atomic E-state index is -0.261. The van der Waals surface area contributed by atoms with Gasteiger partial charge in [0.2, 0.25) is 5.91 Å². The molecule has 1 saturated carbocycles. The highest BCUT2D eigenvalue weighted by atomic mass is 16.2. The summed E-state index contributed by atoms with van der Waals surface area (Å²) in [5.74, 6) is 0.619. The zero-order chi connectivity index (χ0) is 14.4. The average Bonchev–Trinajstić information content (AvgIpc) is 2.93. The van der Waals surface area contributed by atoms with E-state index in [2.05, 4.69) is 16.0 Å². The first-order valence-corrected chi connectivity index (χ1v) is 7.06. The summed E-state index contributed by atoms with van der Waals surface area (Å²) in [5.41, 5.74) is 1.45. The average molecular weight is 275 g/mol. The lowest BCUT2D eigenvalue weighted by Gasteiger charge is -2.10. The van der Waals surface area contributed by atoms with Gasteiger partial charge in [-0.2, -0.15) is 0 Å². The Hall–Kier alpha value is -2.04. The SMILES string of the molecule is CNC(=O)Nc1ccc(NC(=O)CC2CCCC2)cc1. The second kappa shape index (κ2) is 6.93. The zero-order valence-corrected chi connectivity index (χ0v) is 11.7. The predicted octanol–water partition coefficient (Wildman–Crippen LogP) is 2.96. The van der Waals surface area contributed by atoms with E-state index in [0.29, 0.717) is 18.0 Å². The van der Waals surface area contributed by atoms with Crippen LogP contribution in [0.15, 0.2) is 24.3 Å². The highest BCUT2D eigenvalue weighted by Crippen LogP contribution is 2.27. The second-order valence-electron chi connectivity index (χ2n) is 5.18. The molecule has 1 fully saturated rings. The quantitative estimate of drug-likeness (QED) is 0.790.